The van der Waals surface area contributed by atoms with Gasteiger partial charge >= 0.3 is 0 Å². The molecule has 1 fully saturated rings. The number of imide groups is 1. The molecule has 0 aliphatic carbocycles. The average Bonchev–Trinajstić information content (AvgIpc) is 3.13. The second kappa shape index (κ2) is 9.73. The van der Waals surface area contributed by atoms with Crippen molar-refractivity contribution >= 4 is 17.7 Å². The van der Waals surface area contributed by atoms with Crippen molar-refractivity contribution in [3.8, 4) is 11.4 Å². The van der Waals surface area contributed by atoms with Gasteiger partial charge in [0.05, 0.1) is 6.42 Å². The maximum absolute atomic E-state index is 12.7. The Labute approximate surface area is 185 Å². The molecular formula is C22H25N7O3. The minimum Gasteiger partial charge on any atom is -0.340 e. The Balaban J connectivity index is 1.20. The molecule has 0 saturated carbocycles. The lowest BCUT2D eigenvalue weighted by molar-refractivity contribution is -0.137. The van der Waals surface area contributed by atoms with Crippen LogP contribution >= 0.6 is 0 Å². The Morgan fingerprint density at radius 2 is 1.50 bits per heavy atom. The summed E-state index contributed by atoms with van der Waals surface area (Å²) in [5, 5.41) is 15.9. The van der Waals surface area contributed by atoms with E-state index in [1.54, 1.807) is 6.92 Å². The molecular weight excluding hydrogens is 410 g/mol. The number of aromatic nitrogens is 4. The Kier molecular flexibility index (Phi) is 6.60. The van der Waals surface area contributed by atoms with Crippen LogP contribution in [0.3, 0.4) is 0 Å². The Hall–Kier alpha value is -3.53. The van der Waals surface area contributed by atoms with Crippen molar-refractivity contribution in [2.75, 3.05) is 39.3 Å². The zero-order chi connectivity index (χ0) is 22.5. The van der Waals surface area contributed by atoms with Gasteiger partial charge in [0.15, 0.2) is 5.82 Å². The van der Waals surface area contributed by atoms with Gasteiger partial charge in [-0.2, -0.15) is 0 Å². The standard InChI is InChI=1S/C22H25N7O3/c1-16-23-25-22(26-24-16)18-5-3-17(4-6-18)15-21(32)28-13-11-27(12-14-28)9-2-10-29-19(30)7-8-20(29)31/h3-8H,2,9-15H2,1H3. The molecule has 2 aliphatic heterocycles. The molecule has 0 radical (unpaired) electrons. The molecule has 3 heterocycles. The number of nitrogens with zero attached hydrogens (tertiary/aromatic N) is 7. The maximum atomic E-state index is 12.7. The van der Waals surface area contributed by atoms with E-state index in [2.05, 4.69) is 25.3 Å². The minimum atomic E-state index is -0.238. The summed E-state index contributed by atoms with van der Waals surface area (Å²) in [6.45, 7) is 5.88. The van der Waals surface area contributed by atoms with Crippen LogP contribution in [-0.2, 0) is 20.8 Å². The fourth-order valence-electron chi connectivity index (χ4n) is 3.78. The average molecular weight is 435 g/mol. The first-order chi connectivity index (χ1) is 15.5. The fourth-order valence-corrected chi connectivity index (χ4v) is 3.78. The highest BCUT2D eigenvalue weighted by molar-refractivity contribution is 6.12. The molecule has 0 atom stereocenters. The molecule has 1 aromatic heterocycles. The van der Waals surface area contributed by atoms with E-state index in [-0.39, 0.29) is 17.7 Å². The molecule has 0 bridgehead atoms. The minimum absolute atomic E-state index is 0.103. The van der Waals surface area contributed by atoms with Crippen LogP contribution in [-0.4, -0.2) is 92.1 Å². The predicted octanol–water partition coefficient (Wildman–Crippen LogP) is 0.244. The second-order valence-corrected chi connectivity index (χ2v) is 7.88. The summed E-state index contributed by atoms with van der Waals surface area (Å²) in [5.41, 5.74) is 1.74. The molecule has 3 amide bonds. The lowest BCUT2D eigenvalue weighted by atomic mass is 10.1. The third-order valence-electron chi connectivity index (χ3n) is 5.63. The van der Waals surface area contributed by atoms with Crippen LogP contribution in [0, 0.1) is 6.92 Å². The predicted molar refractivity (Wildman–Crippen MR) is 115 cm³/mol. The highest BCUT2D eigenvalue weighted by Gasteiger charge is 2.24. The summed E-state index contributed by atoms with van der Waals surface area (Å²) in [6, 6.07) is 7.56. The molecule has 32 heavy (non-hydrogen) atoms. The van der Waals surface area contributed by atoms with Crippen molar-refractivity contribution in [2.45, 2.75) is 19.8 Å². The molecule has 0 N–H and O–H groups in total. The number of piperazine rings is 1. The van der Waals surface area contributed by atoms with Crippen molar-refractivity contribution in [1.82, 2.24) is 35.1 Å². The highest BCUT2D eigenvalue weighted by atomic mass is 16.2. The van der Waals surface area contributed by atoms with Crippen molar-refractivity contribution in [2.24, 2.45) is 0 Å². The van der Waals surface area contributed by atoms with Gasteiger partial charge < -0.3 is 4.90 Å². The zero-order valence-corrected chi connectivity index (χ0v) is 18.0. The van der Waals surface area contributed by atoms with E-state index in [0.717, 1.165) is 37.2 Å². The quantitative estimate of drug-likeness (QED) is 0.569. The van der Waals surface area contributed by atoms with Gasteiger partial charge in [-0.15, -0.1) is 20.4 Å². The van der Waals surface area contributed by atoms with Crippen LogP contribution in [0.1, 0.15) is 17.8 Å². The lowest BCUT2D eigenvalue weighted by Gasteiger charge is -2.35. The van der Waals surface area contributed by atoms with Gasteiger partial charge in [0.1, 0.15) is 0 Å². The number of benzene rings is 1. The summed E-state index contributed by atoms with van der Waals surface area (Å²) < 4.78 is 0. The first-order valence-electron chi connectivity index (χ1n) is 10.7. The van der Waals surface area contributed by atoms with Gasteiger partial charge in [0.2, 0.25) is 11.7 Å². The van der Waals surface area contributed by atoms with Crippen molar-refractivity contribution < 1.29 is 14.4 Å². The monoisotopic (exact) mass is 435 g/mol. The largest absolute Gasteiger partial charge is 0.340 e. The van der Waals surface area contributed by atoms with Gasteiger partial charge in [-0.1, -0.05) is 24.3 Å². The van der Waals surface area contributed by atoms with E-state index in [1.807, 2.05) is 29.2 Å². The summed E-state index contributed by atoms with van der Waals surface area (Å²) in [4.78, 5) is 41.3. The molecule has 0 spiro atoms. The van der Waals surface area contributed by atoms with E-state index in [0.29, 0.717) is 37.7 Å². The smallest absolute Gasteiger partial charge is 0.253 e. The SMILES string of the molecule is Cc1nnc(-c2ccc(CC(=O)N3CCN(CCCN4C(=O)C=CC4=O)CC3)cc2)nn1. The summed E-state index contributed by atoms with van der Waals surface area (Å²) in [5.74, 6) is 0.604. The van der Waals surface area contributed by atoms with Gasteiger partial charge in [0.25, 0.3) is 11.8 Å². The van der Waals surface area contributed by atoms with Crippen LogP contribution in [0.2, 0.25) is 0 Å². The normalized spacial score (nSPS) is 16.8. The third kappa shape index (κ3) is 5.20. The first kappa shape index (κ1) is 21.7. The lowest BCUT2D eigenvalue weighted by Crippen LogP contribution is -2.49. The topological polar surface area (TPSA) is 112 Å². The molecule has 1 saturated heterocycles. The van der Waals surface area contributed by atoms with Gasteiger partial charge in [-0.05, 0) is 25.5 Å². The van der Waals surface area contributed by atoms with Crippen molar-refractivity contribution in [3.63, 3.8) is 0 Å². The van der Waals surface area contributed by atoms with Crippen LogP contribution in [0.25, 0.3) is 11.4 Å². The molecule has 10 heteroatoms. The van der Waals surface area contributed by atoms with E-state index < -0.39 is 0 Å². The van der Waals surface area contributed by atoms with Gasteiger partial charge in [-0.25, -0.2) is 0 Å². The zero-order valence-electron chi connectivity index (χ0n) is 18.0. The number of aryl methyl sites for hydroxylation is 1. The Morgan fingerprint density at radius 3 is 2.12 bits per heavy atom. The third-order valence-corrected chi connectivity index (χ3v) is 5.63. The maximum Gasteiger partial charge on any atom is 0.253 e. The number of carbonyl (C=O) groups is 3. The van der Waals surface area contributed by atoms with Crippen molar-refractivity contribution in [3.05, 3.63) is 47.8 Å². The van der Waals surface area contributed by atoms with Crippen LogP contribution in [0.5, 0.6) is 0 Å². The number of hydrogen-bond acceptors (Lipinski definition) is 8. The molecule has 166 valence electrons. The fraction of sp³-hybridized carbons (Fsp3) is 0.409. The van der Waals surface area contributed by atoms with Gasteiger partial charge in [-0.3, -0.25) is 24.2 Å². The number of carbonyl (C=O) groups excluding carboxylic acids is 3. The molecule has 0 unspecified atom stereocenters. The molecule has 1 aromatic carbocycles. The van der Waals surface area contributed by atoms with Crippen LogP contribution in [0.15, 0.2) is 36.4 Å². The highest BCUT2D eigenvalue weighted by Crippen LogP contribution is 2.15. The number of hydrogen-bond donors (Lipinski definition) is 0. The van der Waals surface area contributed by atoms with E-state index in [9.17, 15) is 14.4 Å². The van der Waals surface area contributed by atoms with Crippen LogP contribution < -0.4 is 0 Å². The van der Waals surface area contributed by atoms with Crippen molar-refractivity contribution in [1.29, 1.82) is 0 Å². The summed E-state index contributed by atoms with van der Waals surface area (Å²) in [7, 11) is 0. The Bertz CT molecular complexity index is 995. The molecule has 2 aliphatic rings. The second-order valence-electron chi connectivity index (χ2n) is 7.88. The number of amides is 3. The Morgan fingerprint density at radius 1 is 0.875 bits per heavy atom. The van der Waals surface area contributed by atoms with Gasteiger partial charge in [0, 0.05) is 50.4 Å². The molecule has 10 nitrogen and oxygen atoms in total. The van der Waals surface area contributed by atoms with E-state index in [4.69, 9.17) is 0 Å². The summed E-state index contributed by atoms with van der Waals surface area (Å²) in [6.07, 6.45) is 3.70. The van der Waals surface area contributed by atoms with E-state index in [1.165, 1.54) is 17.1 Å². The van der Waals surface area contributed by atoms with E-state index >= 15 is 0 Å². The number of rotatable bonds is 7. The molecule has 4 rings (SSSR count). The first-order valence-corrected chi connectivity index (χ1v) is 10.7. The summed E-state index contributed by atoms with van der Waals surface area (Å²) >= 11 is 0. The molecule has 2 aromatic rings. The van der Waals surface area contributed by atoms with Crippen LogP contribution in [0.4, 0.5) is 0 Å².